The first kappa shape index (κ1) is 9.40. The molecule has 0 aromatic heterocycles. The van der Waals surface area contributed by atoms with Crippen molar-refractivity contribution >= 4 is 11.4 Å². The van der Waals surface area contributed by atoms with Crippen molar-refractivity contribution in [2.24, 2.45) is 0 Å². The number of anilines is 1. The van der Waals surface area contributed by atoms with Crippen LogP contribution in [-0.4, -0.2) is 10.0 Å². The first-order valence-corrected chi connectivity index (χ1v) is 3.40. The second-order valence-corrected chi connectivity index (χ2v) is 2.39. The molecule has 0 amide bonds. The molecule has 0 aliphatic rings. The van der Waals surface area contributed by atoms with Crippen LogP contribution in [0.2, 0.25) is 0 Å². The van der Waals surface area contributed by atoms with Crippen molar-refractivity contribution in [1.29, 1.82) is 0 Å². The van der Waals surface area contributed by atoms with E-state index < -0.39 is 23.0 Å². The van der Waals surface area contributed by atoms with Crippen molar-refractivity contribution in [3.8, 4) is 0 Å². The molecule has 0 saturated heterocycles. The van der Waals surface area contributed by atoms with E-state index in [0.29, 0.717) is 0 Å². The lowest BCUT2D eigenvalue weighted by Crippen LogP contribution is -2.02. The minimum Gasteiger partial charge on any atom is -0.393 e. The molecule has 0 bridgehead atoms. The number of benzene rings is 1. The molecule has 0 radical (unpaired) electrons. The Morgan fingerprint density at radius 3 is 2.69 bits per heavy atom. The van der Waals surface area contributed by atoms with Crippen LogP contribution in [0.15, 0.2) is 12.1 Å². The Hall–Kier alpha value is -1.69. The highest BCUT2D eigenvalue weighted by molar-refractivity contribution is 5.60. The third-order valence-electron chi connectivity index (χ3n) is 1.58. The van der Waals surface area contributed by atoms with Gasteiger partial charge in [0.1, 0.15) is 5.69 Å². The predicted octanol–water partition coefficient (Wildman–Crippen LogP) is 0.808. The van der Waals surface area contributed by atoms with Gasteiger partial charge in [-0.3, -0.25) is 10.1 Å². The predicted molar refractivity (Wildman–Crippen MR) is 43.4 cm³/mol. The zero-order chi connectivity index (χ0) is 10.0. The minimum absolute atomic E-state index is 0.138. The van der Waals surface area contributed by atoms with Crippen molar-refractivity contribution in [2.75, 3.05) is 5.73 Å². The van der Waals surface area contributed by atoms with Crippen LogP contribution in [0.5, 0.6) is 0 Å². The van der Waals surface area contributed by atoms with Gasteiger partial charge in [-0.25, -0.2) is 0 Å². The molecule has 5 nitrogen and oxygen atoms in total. The second kappa shape index (κ2) is 3.36. The SMILES string of the molecule is Nc1ccc(CO)c(F)c1[N+](=O)[O-]. The molecule has 0 saturated carbocycles. The molecular weight excluding hydrogens is 179 g/mol. The van der Waals surface area contributed by atoms with E-state index in [4.69, 9.17) is 10.8 Å². The van der Waals surface area contributed by atoms with Crippen LogP contribution < -0.4 is 5.73 Å². The maximum atomic E-state index is 13.1. The van der Waals surface area contributed by atoms with E-state index >= 15 is 0 Å². The summed E-state index contributed by atoms with van der Waals surface area (Å²) in [7, 11) is 0. The van der Waals surface area contributed by atoms with Gasteiger partial charge in [-0.15, -0.1) is 0 Å². The highest BCUT2D eigenvalue weighted by Crippen LogP contribution is 2.27. The van der Waals surface area contributed by atoms with Gasteiger partial charge in [0.05, 0.1) is 11.5 Å². The largest absolute Gasteiger partial charge is 0.393 e. The molecule has 1 rings (SSSR count). The summed E-state index contributed by atoms with van der Waals surface area (Å²) in [5.41, 5.74) is 4.01. The summed E-state index contributed by atoms with van der Waals surface area (Å²) in [4.78, 5) is 9.40. The fourth-order valence-electron chi connectivity index (χ4n) is 0.929. The third-order valence-corrected chi connectivity index (χ3v) is 1.58. The van der Waals surface area contributed by atoms with Crippen molar-refractivity contribution in [1.82, 2.24) is 0 Å². The zero-order valence-electron chi connectivity index (χ0n) is 6.53. The van der Waals surface area contributed by atoms with Crippen molar-refractivity contribution < 1.29 is 14.4 Å². The van der Waals surface area contributed by atoms with E-state index in [-0.39, 0.29) is 11.3 Å². The number of aliphatic hydroxyl groups excluding tert-OH is 1. The lowest BCUT2D eigenvalue weighted by atomic mass is 10.1. The van der Waals surface area contributed by atoms with Gasteiger partial charge in [-0.2, -0.15) is 4.39 Å². The number of nitro benzene ring substituents is 1. The van der Waals surface area contributed by atoms with Gasteiger partial charge in [-0.1, -0.05) is 6.07 Å². The van der Waals surface area contributed by atoms with E-state index in [9.17, 15) is 14.5 Å². The average Bonchev–Trinajstić information content (AvgIpc) is 2.04. The highest BCUT2D eigenvalue weighted by Gasteiger charge is 2.21. The van der Waals surface area contributed by atoms with Crippen LogP contribution in [0.4, 0.5) is 15.8 Å². The Bertz CT molecular complexity index is 354. The summed E-state index contributed by atoms with van der Waals surface area (Å²) in [6, 6.07) is 2.39. The van der Waals surface area contributed by atoms with Gasteiger partial charge in [0.15, 0.2) is 0 Å². The monoisotopic (exact) mass is 186 g/mol. The van der Waals surface area contributed by atoms with Crippen molar-refractivity contribution in [3.05, 3.63) is 33.6 Å². The van der Waals surface area contributed by atoms with Crippen LogP contribution in [0.3, 0.4) is 0 Å². The van der Waals surface area contributed by atoms with E-state index in [2.05, 4.69) is 0 Å². The maximum absolute atomic E-state index is 13.1. The van der Waals surface area contributed by atoms with Gasteiger partial charge < -0.3 is 10.8 Å². The smallest absolute Gasteiger partial charge is 0.327 e. The standard InChI is InChI=1S/C7H7FN2O3/c8-6-4(3-11)1-2-5(9)7(6)10(12)13/h1-2,11H,3,9H2. The van der Waals surface area contributed by atoms with Crippen LogP contribution in [-0.2, 0) is 6.61 Å². The number of nitrogens with zero attached hydrogens (tertiary/aromatic N) is 1. The Morgan fingerprint density at radius 2 is 2.23 bits per heavy atom. The summed E-state index contributed by atoms with van der Waals surface area (Å²) in [5.74, 6) is -1.08. The normalized spacial score (nSPS) is 10.0. The topological polar surface area (TPSA) is 89.4 Å². The van der Waals surface area contributed by atoms with E-state index in [1.807, 2.05) is 0 Å². The fourth-order valence-corrected chi connectivity index (χ4v) is 0.929. The number of rotatable bonds is 2. The Kier molecular flexibility index (Phi) is 2.43. The van der Waals surface area contributed by atoms with Gasteiger partial charge in [0.25, 0.3) is 0 Å². The highest BCUT2D eigenvalue weighted by atomic mass is 19.1. The molecule has 0 unspecified atom stereocenters. The van der Waals surface area contributed by atoms with Crippen molar-refractivity contribution in [2.45, 2.75) is 6.61 Å². The quantitative estimate of drug-likeness (QED) is 0.406. The number of halogens is 1. The van der Waals surface area contributed by atoms with E-state index in [0.717, 1.165) is 0 Å². The number of nitrogens with two attached hydrogens (primary N) is 1. The number of hydrogen-bond donors (Lipinski definition) is 2. The summed E-state index contributed by atoms with van der Waals surface area (Å²) < 4.78 is 13.1. The van der Waals surface area contributed by atoms with Gasteiger partial charge in [0, 0.05) is 5.56 Å². The molecule has 0 heterocycles. The number of nitrogen functional groups attached to an aromatic ring is 1. The van der Waals surface area contributed by atoms with Crippen molar-refractivity contribution in [3.63, 3.8) is 0 Å². The van der Waals surface area contributed by atoms with E-state index in [1.54, 1.807) is 0 Å². The molecule has 6 heteroatoms. The zero-order valence-corrected chi connectivity index (χ0v) is 6.53. The molecule has 13 heavy (non-hydrogen) atoms. The summed E-state index contributed by atoms with van der Waals surface area (Å²) >= 11 is 0. The fraction of sp³-hybridized carbons (Fsp3) is 0.143. The van der Waals surface area contributed by atoms with Crippen LogP contribution in [0, 0.1) is 15.9 Å². The maximum Gasteiger partial charge on any atom is 0.327 e. The number of hydrogen-bond acceptors (Lipinski definition) is 4. The first-order chi connectivity index (χ1) is 6.07. The van der Waals surface area contributed by atoms with E-state index in [1.165, 1.54) is 12.1 Å². The lowest BCUT2D eigenvalue weighted by Gasteiger charge is -2.01. The molecule has 0 spiro atoms. The lowest BCUT2D eigenvalue weighted by molar-refractivity contribution is -0.386. The number of nitro groups is 1. The molecule has 1 aromatic carbocycles. The second-order valence-electron chi connectivity index (χ2n) is 2.39. The third kappa shape index (κ3) is 1.57. The van der Waals surface area contributed by atoms with Crippen LogP contribution in [0.25, 0.3) is 0 Å². The Morgan fingerprint density at radius 1 is 1.62 bits per heavy atom. The molecule has 0 atom stereocenters. The molecule has 0 fully saturated rings. The molecule has 70 valence electrons. The number of aliphatic hydroxyl groups is 1. The summed E-state index contributed by atoms with van der Waals surface area (Å²) in [6.45, 7) is -0.590. The van der Waals surface area contributed by atoms with Gasteiger partial charge >= 0.3 is 5.69 Å². The first-order valence-electron chi connectivity index (χ1n) is 3.40. The molecule has 0 aliphatic heterocycles. The Labute approximate surface area is 72.7 Å². The molecule has 3 N–H and O–H groups in total. The molecular formula is C7H7FN2O3. The van der Waals surface area contributed by atoms with Gasteiger partial charge in [-0.05, 0) is 6.07 Å². The molecule has 0 aliphatic carbocycles. The minimum atomic E-state index is -1.08. The summed E-state index contributed by atoms with van der Waals surface area (Å²) in [5, 5.41) is 18.9. The van der Waals surface area contributed by atoms with Crippen LogP contribution in [0.1, 0.15) is 5.56 Å². The van der Waals surface area contributed by atoms with Gasteiger partial charge in [0.2, 0.25) is 5.82 Å². The summed E-state index contributed by atoms with van der Waals surface area (Å²) in [6.07, 6.45) is 0. The Balaban J connectivity index is 3.38. The molecule has 1 aromatic rings. The average molecular weight is 186 g/mol. The van der Waals surface area contributed by atoms with Crippen LogP contribution >= 0.6 is 0 Å².